The number of hydroxylamine groups is 1. The fraction of sp³-hybridized carbons (Fsp3) is 0.462. The summed E-state index contributed by atoms with van der Waals surface area (Å²) in [4.78, 5) is 0. The van der Waals surface area contributed by atoms with E-state index in [1.165, 1.54) is 12.6 Å². The molecule has 0 unspecified atom stereocenters. The van der Waals surface area contributed by atoms with Crippen LogP contribution in [0, 0.1) is 5.21 Å². The van der Waals surface area contributed by atoms with Gasteiger partial charge in [-0.05, 0) is 25.0 Å². The molecule has 1 aliphatic rings. The van der Waals surface area contributed by atoms with Crippen molar-refractivity contribution >= 4 is 6.21 Å². The first-order chi connectivity index (χ1) is 7.77. The van der Waals surface area contributed by atoms with Crippen LogP contribution >= 0.6 is 0 Å². The molecule has 0 heterocycles. The van der Waals surface area contributed by atoms with Crippen LogP contribution in [-0.4, -0.2) is 22.1 Å². The average molecular weight is 219 g/mol. The molecule has 1 aromatic carbocycles. The Kier molecular flexibility index (Phi) is 3.44. The highest BCUT2D eigenvalue weighted by atomic mass is 16.5. The van der Waals surface area contributed by atoms with Crippen molar-refractivity contribution < 1.29 is 9.85 Å². The average Bonchev–Trinajstić information content (AvgIpc) is 2.33. The molecule has 1 aromatic rings. The number of rotatable bonds is 2. The largest absolute Gasteiger partial charge is 0.624 e. The molecule has 3 nitrogen and oxygen atoms in total. The molecular weight excluding hydrogens is 202 g/mol. The van der Waals surface area contributed by atoms with Crippen LogP contribution in [0.3, 0.4) is 0 Å². The minimum absolute atomic E-state index is 0.0911. The van der Waals surface area contributed by atoms with Crippen molar-refractivity contribution in [2.75, 3.05) is 0 Å². The molecule has 1 N–H and O–H groups in total. The number of hydrogen-bond donors (Lipinski definition) is 1. The number of phenolic OH excluding ortho intramolecular Hbond substituents is 1. The quantitative estimate of drug-likeness (QED) is 0.360. The molecule has 1 saturated carbocycles. The smallest absolute Gasteiger partial charge is 0.185 e. The summed E-state index contributed by atoms with van der Waals surface area (Å²) in [5.74, 6) is 0.166. The van der Waals surface area contributed by atoms with Crippen LogP contribution in [0.25, 0.3) is 0 Å². The fourth-order valence-electron chi connectivity index (χ4n) is 2.17. The van der Waals surface area contributed by atoms with Gasteiger partial charge in [0.05, 0.1) is 5.56 Å². The number of para-hydroxylation sites is 1. The van der Waals surface area contributed by atoms with Crippen molar-refractivity contribution in [2.24, 2.45) is 0 Å². The monoisotopic (exact) mass is 219 g/mol. The Hall–Kier alpha value is -1.51. The van der Waals surface area contributed by atoms with Crippen molar-refractivity contribution in [3.63, 3.8) is 0 Å². The molecule has 0 atom stereocenters. The molecule has 0 aliphatic heterocycles. The lowest BCUT2D eigenvalue weighted by Gasteiger charge is -2.20. The van der Waals surface area contributed by atoms with Crippen LogP contribution < -0.4 is 0 Å². The first-order valence-electron chi connectivity index (χ1n) is 5.86. The Bertz CT molecular complexity index is 381. The Balaban J connectivity index is 2.13. The predicted molar refractivity (Wildman–Crippen MR) is 63.8 cm³/mol. The molecule has 86 valence electrons. The molecule has 16 heavy (non-hydrogen) atoms. The van der Waals surface area contributed by atoms with Gasteiger partial charge in [-0.1, -0.05) is 18.6 Å². The van der Waals surface area contributed by atoms with Gasteiger partial charge in [-0.2, -0.15) is 0 Å². The topological polar surface area (TPSA) is 46.3 Å². The second kappa shape index (κ2) is 5.01. The van der Waals surface area contributed by atoms with Crippen LogP contribution in [0.15, 0.2) is 24.3 Å². The Morgan fingerprint density at radius 2 is 1.88 bits per heavy atom. The van der Waals surface area contributed by atoms with Gasteiger partial charge in [0.2, 0.25) is 0 Å². The SMILES string of the molecule is [O-]/[N+](=C\c1ccccc1O)C1CCCCC1. The zero-order chi connectivity index (χ0) is 11.4. The zero-order valence-corrected chi connectivity index (χ0v) is 9.30. The molecule has 1 fully saturated rings. The van der Waals surface area contributed by atoms with Gasteiger partial charge < -0.3 is 10.3 Å². The maximum Gasteiger partial charge on any atom is 0.185 e. The highest BCUT2D eigenvalue weighted by molar-refractivity contribution is 5.79. The molecule has 2 rings (SSSR count). The van der Waals surface area contributed by atoms with Crippen LogP contribution in [0.5, 0.6) is 5.75 Å². The van der Waals surface area contributed by atoms with E-state index in [1.54, 1.807) is 18.2 Å². The standard InChI is InChI=1S/C13H17NO2/c15-13-9-5-4-6-11(13)10-14(16)12-7-2-1-3-8-12/h4-6,9-10,12,15H,1-3,7-8H2/b14-10-. The summed E-state index contributed by atoms with van der Waals surface area (Å²) in [6.07, 6.45) is 6.95. The van der Waals surface area contributed by atoms with Gasteiger partial charge in [0.1, 0.15) is 5.75 Å². The maximum atomic E-state index is 11.9. The third-order valence-corrected chi connectivity index (χ3v) is 3.14. The Morgan fingerprint density at radius 1 is 1.19 bits per heavy atom. The third-order valence-electron chi connectivity index (χ3n) is 3.14. The van der Waals surface area contributed by atoms with E-state index in [9.17, 15) is 10.3 Å². The Labute approximate surface area is 95.6 Å². The molecule has 0 aromatic heterocycles. The lowest BCUT2D eigenvalue weighted by molar-refractivity contribution is -0.500. The van der Waals surface area contributed by atoms with Crippen LogP contribution in [0.1, 0.15) is 37.7 Å². The summed E-state index contributed by atoms with van der Waals surface area (Å²) >= 11 is 0. The first-order valence-corrected chi connectivity index (χ1v) is 5.86. The Morgan fingerprint density at radius 3 is 2.56 bits per heavy atom. The predicted octanol–water partition coefficient (Wildman–Crippen LogP) is 2.65. The van der Waals surface area contributed by atoms with E-state index in [0.29, 0.717) is 5.56 Å². The van der Waals surface area contributed by atoms with E-state index in [-0.39, 0.29) is 11.8 Å². The second-order valence-electron chi connectivity index (χ2n) is 4.34. The van der Waals surface area contributed by atoms with Gasteiger partial charge in [0.25, 0.3) is 0 Å². The van der Waals surface area contributed by atoms with Gasteiger partial charge in [-0.15, -0.1) is 0 Å². The first kappa shape index (κ1) is 11.0. The summed E-state index contributed by atoms with van der Waals surface area (Å²) in [6.45, 7) is 0. The van der Waals surface area contributed by atoms with Gasteiger partial charge in [-0.3, -0.25) is 0 Å². The fourth-order valence-corrected chi connectivity index (χ4v) is 2.17. The lowest BCUT2D eigenvalue weighted by atomic mass is 9.96. The molecule has 0 radical (unpaired) electrons. The van der Waals surface area contributed by atoms with Gasteiger partial charge in [-0.25, -0.2) is 4.74 Å². The zero-order valence-electron chi connectivity index (χ0n) is 9.30. The number of benzene rings is 1. The summed E-state index contributed by atoms with van der Waals surface area (Å²) in [6, 6.07) is 7.01. The van der Waals surface area contributed by atoms with Gasteiger partial charge >= 0.3 is 0 Å². The van der Waals surface area contributed by atoms with Crippen molar-refractivity contribution in [1.82, 2.24) is 0 Å². The van der Waals surface area contributed by atoms with Crippen LogP contribution in [-0.2, 0) is 0 Å². The maximum absolute atomic E-state index is 11.9. The van der Waals surface area contributed by atoms with E-state index < -0.39 is 0 Å². The highest BCUT2D eigenvalue weighted by Gasteiger charge is 2.19. The van der Waals surface area contributed by atoms with Crippen LogP contribution in [0.4, 0.5) is 0 Å². The minimum atomic E-state index is 0.0911. The van der Waals surface area contributed by atoms with Crippen LogP contribution in [0.2, 0.25) is 0 Å². The number of aromatic hydroxyl groups is 1. The van der Waals surface area contributed by atoms with Gasteiger partial charge in [0, 0.05) is 12.8 Å². The van der Waals surface area contributed by atoms with Crippen molar-refractivity contribution in [2.45, 2.75) is 38.1 Å². The molecule has 1 aliphatic carbocycles. The van der Waals surface area contributed by atoms with E-state index in [1.807, 2.05) is 6.07 Å². The number of hydrogen-bond acceptors (Lipinski definition) is 2. The molecule has 3 heteroatoms. The molecule has 0 spiro atoms. The minimum Gasteiger partial charge on any atom is -0.624 e. The highest BCUT2D eigenvalue weighted by Crippen LogP contribution is 2.20. The summed E-state index contributed by atoms with van der Waals surface area (Å²) in [5.41, 5.74) is 0.600. The summed E-state index contributed by atoms with van der Waals surface area (Å²) < 4.78 is 1.01. The normalized spacial score (nSPS) is 18.6. The molecular formula is C13H17NO2. The van der Waals surface area contributed by atoms with Gasteiger partial charge in [0.15, 0.2) is 12.3 Å². The van der Waals surface area contributed by atoms with Crippen molar-refractivity contribution in [3.05, 3.63) is 35.0 Å². The summed E-state index contributed by atoms with van der Waals surface area (Å²) in [7, 11) is 0. The second-order valence-corrected chi connectivity index (χ2v) is 4.34. The van der Waals surface area contributed by atoms with Crippen molar-refractivity contribution in [1.29, 1.82) is 0 Å². The molecule has 0 amide bonds. The van der Waals surface area contributed by atoms with E-state index >= 15 is 0 Å². The molecule has 0 bridgehead atoms. The molecule has 0 saturated heterocycles. The lowest BCUT2D eigenvalue weighted by Crippen LogP contribution is -2.25. The summed E-state index contributed by atoms with van der Waals surface area (Å²) in [5, 5.41) is 21.4. The number of nitrogens with zero attached hydrogens (tertiary/aromatic N) is 1. The van der Waals surface area contributed by atoms with E-state index in [2.05, 4.69) is 0 Å². The van der Waals surface area contributed by atoms with E-state index in [0.717, 1.165) is 30.4 Å². The van der Waals surface area contributed by atoms with Crippen molar-refractivity contribution in [3.8, 4) is 5.75 Å². The third kappa shape index (κ3) is 2.54. The number of phenols is 1. The van der Waals surface area contributed by atoms with E-state index in [4.69, 9.17) is 0 Å².